The maximum atomic E-state index is 13.0. The van der Waals surface area contributed by atoms with E-state index in [9.17, 15) is 18.5 Å². The Labute approximate surface area is 188 Å². The van der Waals surface area contributed by atoms with Crippen LogP contribution in [0.3, 0.4) is 0 Å². The van der Waals surface area contributed by atoms with E-state index in [0.29, 0.717) is 5.69 Å². The first-order valence-electron chi connectivity index (χ1n) is 10.6. The lowest BCUT2D eigenvalue weighted by molar-refractivity contribution is -0.127. The van der Waals surface area contributed by atoms with Crippen LogP contribution in [0, 0.1) is 39.0 Å². The van der Waals surface area contributed by atoms with Gasteiger partial charge in [0.1, 0.15) is 22.2 Å². The first kappa shape index (κ1) is 23.8. The molecule has 2 aromatic rings. The third kappa shape index (κ3) is 4.36. The molecule has 9 nitrogen and oxygen atoms in total. The average Bonchev–Trinajstić information content (AvgIpc) is 3.24. The molecule has 32 heavy (non-hydrogen) atoms. The molecule has 1 amide bonds. The van der Waals surface area contributed by atoms with Crippen LogP contribution < -0.4 is 0 Å². The van der Waals surface area contributed by atoms with Gasteiger partial charge in [-0.25, -0.2) is 8.42 Å². The summed E-state index contributed by atoms with van der Waals surface area (Å²) in [6.45, 7) is 10.8. The summed E-state index contributed by atoms with van der Waals surface area (Å²) in [6.07, 6.45) is 2.62. The normalized spacial score (nSPS) is 15.8. The molecule has 0 aliphatic carbocycles. The topological polar surface area (TPSA) is 112 Å². The van der Waals surface area contributed by atoms with E-state index in [1.165, 1.54) is 9.21 Å². The molecule has 0 bridgehead atoms. The molecule has 0 N–H and O–H groups in total. The van der Waals surface area contributed by atoms with Crippen LogP contribution in [0.25, 0.3) is 6.08 Å². The molecular weight excluding hydrogens is 430 g/mol. The predicted octanol–water partition coefficient (Wildman–Crippen LogP) is 2.56. The van der Waals surface area contributed by atoms with Crippen molar-refractivity contribution in [2.75, 3.05) is 26.2 Å². The number of piperazine rings is 1. The highest BCUT2D eigenvalue weighted by molar-refractivity contribution is 7.89. The fourth-order valence-electron chi connectivity index (χ4n) is 4.11. The van der Waals surface area contributed by atoms with Gasteiger partial charge >= 0.3 is 0 Å². The Morgan fingerprint density at radius 2 is 1.88 bits per heavy atom. The standard InChI is InChI=1S/C22H29N5O4S/c1-6-7-27-15(2)12-19(17(27)4)13-20(14-23)22(28)25-8-10-26(11-9-25)32(29,30)21-16(3)24-31-18(21)5/h12-13H,6-11H2,1-5H3/b20-13+. The summed E-state index contributed by atoms with van der Waals surface area (Å²) in [4.78, 5) is 14.6. The summed E-state index contributed by atoms with van der Waals surface area (Å²) < 4.78 is 34.5. The lowest BCUT2D eigenvalue weighted by atomic mass is 10.1. The minimum atomic E-state index is -3.76. The van der Waals surface area contributed by atoms with Crippen molar-refractivity contribution in [1.82, 2.24) is 18.9 Å². The first-order valence-corrected chi connectivity index (χ1v) is 12.1. The molecule has 172 valence electrons. The number of aromatic nitrogens is 2. The molecule has 0 unspecified atom stereocenters. The van der Waals surface area contributed by atoms with Crippen LogP contribution in [0.15, 0.2) is 21.1 Å². The Balaban J connectivity index is 1.75. The molecule has 0 atom stereocenters. The largest absolute Gasteiger partial charge is 0.360 e. The van der Waals surface area contributed by atoms with Gasteiger partial charge in [-0.3, -0.25) is 4.79 Å². The highest BCUT2D eigenvalue weighted by Crippen LogP contribution is 2.25. The number of hydrogen-bond acceptors (Lipinski definition) is 6. The van der Waals surface area contributed by atoms with Crippen molar-refractivity contribution < 1.29 is 17.7 Å². The summed E-state index contributed by atoms with van der Waals surface area (Å²) in [7, 11) is -3.76. The third-order valence-corrected chi connectivity index (χ3v) is 7.95. The van der Waals surface area contributed by atoms with E-state index in [2.05, 4.69) is 16.6 Å². The van der Waals surface area contributed by atoms with Crippen molar-refractivity contribution in [3.05, 3.63) is 40.0 Å². The Kier molecular flexibility index (Phi) is 6.91. The molecule has 1 saturated heterocycles. The summed E-state index contributed by atoms with van der Waals surface area (Å²) in [6, 6.07) is 4.00. The molecule has 2 aromatic heterocycles. The zero-order valence-corrected chi connectivity index (χ0v) is 20.0. The van der Waals surface area contributed by atoms with Gasteiger partial charge in [0.25, 0.3) is 5.91 Å². The summed E-state index contributed by atoms with van der Waals surface area (Å²) in [5.74, 6) is -0.140. The maximum absolute atomic E-state index is 13.0. The minimum absolute atomic E-state index is 0.0452. The van der Waals surface area contributed by atoms with Gasteiger partial charge in [0, 0.05) is 44.1 Å². The van der Waals surface area contributed by atoms with Crippen molar-refractivity contribution in [3.63, 3.8) is 0 Å². The van der Waals surface area contributed by atoms with Gasteiger partial charge in [0.15, 0.2) is 5.76 Å². The van der Waals surface area contributed by atoms with Gasteiger partial charge in [-0.2, -0.15) is 9.57 Å². The van der Waals surface area contributed by atoms with E-state index in [4.69, 9.17) is 4.52 Å². The fraction of sp³-hybridized carbons (Fsp3) is 0.500. The molecule has 1 aliphatic rings. The second-order valence-corrected chi connectivity index (χ2v) is 9.87. The quantitative estimate of drug-likeness (QED) is 0.485. The van der Waals surface area contributed by atoms with Crippen molar-refractivity contribution in [2.24, 2.45) is 0 Å². The molecule has 0 aromatic carbocycles. The number of nitrogens with zero attached hydrogens (tertiary/aromatic N) is 5. The summed E-state index contributed by atoms with van der Waals surface area (Å²) in [5.41, 5.74) is 3.30. The molecule has 0 saturated carbocycles. The van der Waals surface area contributed by atoms with E-state index < -0.39 is 10.0 Å². The fourth-order valence-corrected chi connectivity index (χ4v) is 5.83. The SMILES string of the molecule is CCCn1c(C)cc(/C=C(\C#N)C(=O)N2CCN(S(=O)(=O)c3c(C)noc3C)CC2)c1C. The molecule has 3 heterocycles. The Hall–Kier alpha value is -2.90. The third-order valence-electron chi connectivity index (χ3n) is 5.80. The highest BCUT2D eigenvalue weighted by atomic mass is 32.2. The number of aryl methyl sites for hydroxylation is 3. The number of carbonyl (C=O) groups is 1. The zero-order valence-electron chi connectivity index (χ0n) is 19.2. The Morgan fingerprint density at radius 3 is 2.41 bits per heavy atom. The molecule has 0 spiro atoms. The second kappa shape index (κ2) is 9.30. The van der Waals surface area contributed by atoms with E-state index >= 15 is 0 Å². The zero-order chi connectivity index (χ0) is 23.6. The first-order chi connectivity index (χ1) is 15.1. The van der Waals surface area contributed by atoms with Gasteiger partial charge in [-0.05, 0) is 51.8 Å². The second-order valence-electron chi connectivity index (χ2n) is 8.00. The smallest absolute Gasteiger partial charge is 0.264 e. The summed E-state index contributed by atoms with van der Waals surface area (Å²) in [5, 5.41) is 13.4. The molecule has 0 radical (unpaired) electrons. The number of nitriles is 1. The molecule has 1 aliphatic heterocycles. The lowest BCUT2D eigenvalue weighted by Crippen LogP contribution is -2.50. The number of hydrogen-bond donors (Lipinski definition) is 0. The minimum Gasteiger partial charge on any atom is -0.360 e. The van der Waals surface area contributed by atoms with E-state index in [0.717, 1.165) is 29.9 Å². The van der Waals surface area contributed by atoms with Gasteiger partial charge in [-0.15, -0.1) is 0 Å². The van der Waals surface area contributed by atoms with E-state index in [-0.39, 0.29) is 48.3 Å². The van der Waals surface area contributed by atoms with Crippen LogP contribution >= 0.6 is 0 Å². The molecular formula is C22H29N5O4S. The molecule has 1 fully saturated rings. The van der Waals surface area contributed by atoms with Crippen LogP contribution in [0.2, 0.25) is 0 Å². The monoisotopic (exact) mass is 459 g/mol. The van der Waals surface area contributed by atoms with Gasteiger partial charge in [-0.1, -0.05) is 12.1 Å². The Bertz CT molecular complexity index is 1170. The van der Waals surface area contributed by atoms with Crippen LogP contribution in [-0.2, 0) is 21.4 Å². The maximum Gasteiger partial charge on any atom is 0.264 e. The van der Waals surface area contributed by atoms with Gasteiger partial charge < -0.3 is 14.0 Å². The van der Waals surface area contributed by atoms with Crippen LogP contribution in [0.5, 0.6) is 0 Å². The van der Waals surface area contributed by atoms with E-state index in [1.54, 1.807) is 19.9 Å². The molecule has 10 heteroatoms. The van der Waals surface area contributed by atoms with Gasteiger partial charge in [0.2, 0.25) is 10.0 Å². The van der Waals surface area contributed by atoms with Gasteiger partial charge in [0.05, 0.1) is 0 Å². The lowest BCUT2D eigenvalue weighted by Gasteiger charge is -2.33. The number of sulfonamides is 1. The van der Waals surface area contributed by atoms with Crippen LogP contribution in [0.4, 0.5) is 0 Å². The number of carbonyl (C=O) groups excluding carboxylic acids is 1. The van der Waals surface area contributed by atoms with Crippen LogP contribution in [-0.4, -0.2) is 59.4 Å². The van der Waals surface area contributed by atoms with Crippen LogP contribution in [0.1, 0.15) is 41.8 Å². The predicted molar refractivity (Wildman–Crippen MR) is 119 cm³/mol. The number of rotatable bonds is 6. The van der Waals surface area contributed by atoms with Crippen molar-refractivity contribution in [3.8, 4) is 6.07 Å². The average molecular weight is 460 g/mol. The number of amides is 1. The van der Waals surface area contributed by atoms with Crippen molar-refractivity contribution >= 4 is 22.0 Å². The van der Waals surface area contributed by atoms with Crippen molar-refractivity contribution in [1.29, 1.82) is 5.26 Å². The van der Waals surface area contributed by atoms with E-state index in [1.807, 2.05) is 26.0 Å². The molecule has 3 rings (SSSR count). The summed E-state index contributed by atoms with van der Waals surface area (Å²) >= 11 is 0. The highest BCUT2D eigenvalue weighted by Gasteiger charge is 2.34. The van der Waals surface area contributed by atoms with Crippen molar-refractivity contribution in [2.45, 2.75) is 52.5 Å². The Morgan fingerprint density at radius 1 is 1.22 bits per heavy atom.